The van der Waals surface area contributed by atoms with Crippen molar-refractivity contribution in [1.82, 2.24) is 0 Å². The summed E-state index contributed by atoms with van der Waals surface area (Å²) in [6.07, 6.45) is 96.3. The molecular weight excluding hydrogens is 997 g/mol. The molecule has 460 valence electrons. The molecule has 0 saturated heterocycles. The molecule has 0 saturated carbocycles. The summed E-state index contributed by atoms with van der Waals surface area (Å²) in [6.45, 7) is 6.36. The van der Waals surface area contributed by atoms with Crippen molar-refractivity contribution in [3.63, 3.8) is 0 Å². The Bertz CT molecular complexity index is 1720. The van der Waals surface area contributed by atoms with Crippen molar-refractivity contribution in [2.75, 3.05) is 13.2 Å². The monoisotopic (exact) mass is 1120 g/mol. The minimum atomic E-state index is -0.831. The number of hydrogen-bond donors (Lipinski definition) is 0. The Morgan fingerprint density at radius 2 is 0.494 bits per heavy atom. The van der Waals surface area contributed by atoms with E-state index in [1.165, 1.54) is 141 Å². The Hall–Kier alpha value is -4.45. The summed E-state index contributed by atoms with van der Waals surface area (Å²) >= 11 is 0. The second-order valence-corrected chi connectivity index (χ2v) is 22.0. The van der Waals surface area contributed by atoms with Gasteiger partial charge in [-0.25, -0.2) is 0 Å². The smallest absolute Gasteiger partial charge is 0.306 e. The highest BCUT2D eigenvalue weighted by molar-refractivity contribution is 5.71. The lowest BCUT2D eigenvalue weighted by molar-refractivity contribution is -0.167. The minimum absolute atomic E-state index is 0.116. The van der Waals surface area contributed by atoms with E-state index in [0.717, 1.165) is 109 Å². The molecule has 6 heteroatoms. The van der Waals surface area contributed by atoms with Crippen molar-refractivity contribution in [3.05, 3.63) is 134 Å². The first kappa shape index (κ1) is 76.5. The van der Waals surface area contributed by atoms with E-state index in [9.17, 15) is 14.4 Å². The fourth-order valence-corrected chi connectivity index (χ4v) is 9.19. The first-order valence-electron chi connectivity index (χ1n) is 33.7. The number of rotatable bonds is 60. The maximum atomic E-state index is 12.9. The molecule has 0 aliphatic heterocycles. The largest absolute Gasteiger partial charge is 0.462 e. The number of allylic oxidation sites excluding steroid dienone is 22. The zero-order valence-electron chi connectivity index (χ0n) is 52.8. The second kappa shape index (κ2) is 68.1. The Morgan fingerprint density at radius 3 is 0.790 bits per heavy atom. The van der Waals surface area contributed by atoms with E-state index in [4.69, 9.17) is 14.2 Å². The summed E-state index contributed by atoms with van der Waals surface area (Å²) in [5, 5.41) is 0. The first-order chi connectivity index (χ1) is 40.0. The molecule has 0 fully saturated rings. The van der Waals surface area contributed by atoms with Gasteiger partial charge in [-0.1, -0.05) is 309 Å². The zero-order valence-corrected chi connectivity index (χ0v) is 52.8. The lowest BCUT2D eigenvalue weighted by Gasteiger charge is -2.18. The fourth-order valence-electron chi connectivity index (χ4n) is 9.19. The maximum Gasteiger partial charge on any atom is 0.306 e. The van der Waals surface area contributed by atoms with Gasteiger partial charge < -0.3 is 14.2 Å². The zero-order chi connectivity index (χ0) is 58.5. The van der Waals surface area contributed by atoms with Crippen molar-refractivity contribution >= 4 is 17.9 Å². The third-order valence-electron chi connectivity index (χ3n) is 14.2. The number of hydrogen-bond acceptors (Lipinski definition) is 6. The topological polar surface area (TPSA) is 78.9 Å². The predicted molar refractivity (Wildman–Crippen MR) is 353 cm³/mol. The SMILES string of the molecule is CC/C=C\C/C=C\C/C=C\C/C=C\C/C=C\C/C=C\C/C=C\CCCC(=O)OC(COC(=O)CCCC/C=C\C/C=C\C/C=C\C/C=C\CC)COC(=O)CCCCCCCCCCCCCCCCCCCCCCCCCCC. The number of unbranched alkanes of at least 4 members (excludes halogenated alkanes) is 27. The van der Waals surface area contributed by atoms with Gasteiger partial charge in [-0.15, -0.1) is 0 Å². The van der Waals surface area contributed by atoms with Crippen LogP contribution in [0.4, 0.5) is 0 Å². The quantitative estimate of drug-likeness (QED) is 0.0261. The molecule has 1 atom stereocenters. The van der Waals surface area contributed by atoms with Crippen molar-refractivity contribution in [2.24, 2.45) is 0 Å². The van der Waals surface area contributed by atoms with Gasteiger partial charge in [0.05, 0.1) is 0 Å². The van der Waals surface area contributed by atoms with Crippen LogP contribution < -0.4 is 0 Å². The molecule has 0 aromatic heterocycles. The normalized spacial score (nSPS) is 13.0. The lowest BCUT2D eigenvalue weighted by atomic mass is 10.0. The summed E-state index contributed by atoms with van der Waals surface area (Å²) in [7, 11) is 0. The van der Waals surface area contributed by atoms with E-state index in [-0.39, 0.29) is 37.5 Å². The van der Waals surface area contributed by atoms with Gasteiger partial charge in [0.25, 0.3) is 0 Å². The van der Waals surface area contributed by atoms with E-state index in [0.29, 0.717) is 25.7 Å². The van der Waals surface area contributed by atoms with Crippen LogP contribution in [0.3, 0.4) is 0 Å². The predicted octanol–water partition coefficient (Wildman–Crippen LogP) is 23.3. The average molecular weight is 1120 g/mol. The summed E-state index contributed by atoms with van der Waals surface area (Å²) in [4.78, 5) is 38.3. The van der Waals surface area contributed by atoms with Crippen LogP contribution in [-0.2, 0) is 28.6 Å². The molecule has 0 N–H and O–H groups in total. The Kier molecular flexibility index (Phi) is 64.3. The van der Waals surface area contributed by atoms with Gasteiger partial charge in [0, 0.05) is 19.3 Å². The third kappa shape index (κ3) is 66.2. The molecule has 0 radical (unpaired) electrons. The molecular formula is C75H124O6. The molecule has 0 aromatic carbocycles. The van der Waals surface area contributed by atoms with Crippen molar-refractivity contribution in [2.45, 2.75) is 309 Å². The van der Waals surface area contributed by atoms with Crippen LogP contribution in [0.15, 0.2) is 134 Å². The second-order valence-electron chi connectivity index (χ2n) is 22.0. The maximum absolute atomic E-state index is 12.9. The van der Waals surface area contributed by atoms with E-state index in [1.54, 1.807) is 0 Å². The Balaban J connectivity index is 4.45. The van der Waals surface area contributed by atoms with Crippen LogP contribution in [0.5, 0.6) is 0 Å². The van der Waals surface area contributed by atoms with Gasteiger partial charge in [0.2, 0.25) is 0 Å². The Morgan fingerprint density at radius 1 is 0.259 bits per heavy atom. The van der Waals surface area contributed by atoms with Crippen LogP contribution in [0.1, 0.15) is 303 Å². The molecule has 0 aliphatic carbocycles. The van der Waals surface area contributed by atoms with Gasteiger partial charge >= 0.3 is 17.9 Å². The van der Waals surface area contributed by atoms with Crippen molar-refractivity contribution in [1.29, 1.82) is 0 Å². The molecule has 0 bridgehead atoms. The fraction of sp³-hybridized carbons (Fsp3) is 0.667. The summed E-state index contributed by atoms with van der Waals surface area (Å²) in [5.74, 6) is -1.01. The highest BCUT2D eigenvalue weighted by atomic mass is 16.6. The third-order valence-corrected chi connectivity index (χ3v) is 14.2. The molecule has 6 nitrogen and oxygen atoms in total. The number of carbonyl (C=O) groups is 3. The van der Waals surface area contributed by atoms with E-state index >= 15 is 0 Å². The van der Waals surface area contributed by atoms with E-state index < -0.39 is 6.10 Å². The summed E-state index contributed by atoms with van der Waals surface area (Å²) in [6, 6.07) is 0. The molecule has 0 aromatic rings. The molecule has 81 heavy (non-hydrogen) atoms. The van der Waals surface area contributed by atoms with Gasteiger partial charge in [0.15, 0.2) is 6.10 Å². The highest BCUT2D eigenvalue weighted by Gasteiger charge is 2.19. The molecule has 1 unspecified atom stereocenters. The molecule has 0 amide bonds. The van der Waals surface area contributed by atoms with Crippen LogP contribution in [0.2, 0.25) is 0 Å². The molecule has 0 rings (SSSR count). The van der Waals surface area contributed by atoms with E-state index in [1.807, 2.05) is 0 Å². The van der Waals surface area contributed by atoms with Gasteiger partial charge in [-0.05, 0) is 109 Å². The number of ether oxygens (including phenoxy) is 3. The standard InChI is InChI=1S/C75H124O6/c1-4-7-10-13-16-19-22-25-28-30-32-34-36-37-39-40-42-44-47-50-53-56-59-62-65-68-74(77)80-71-72(70-79-73(76)67-64-61-58-55-52-49-46-27-24-21-18-15-12-9-6-3)81-75(78)69-66-63-60-57-54-51-48-45-43-41-38-35-33-31-29-26-23-20-17-14-11-8-5-2/h8-9,11-12,17-18,20-21,26-27,29,33,35,41,43,46,48,51-52,55,57,60,72H,4-7,10,13-16,19,22-25,28,30-32,34,36-40,42,44-45,47,49-50,53-54,56,58-59,61-71H2,1-3H3/b11-8-,12-9-,20-17-,21-18-,29-26-,35-33-,43-41-,46-27-,51-48-,55-52-,60-57-. The number of carbonyl (C=O) groups excluding carboxylic acids is 3. The minimum Gasteiger partial charge on any atom is -0.462 e. The lowest BCUT2D eigenvalue weighted by Crippen LogP contribution is -2.30. The number of esters is 3. The highest BCUT2D eigenvalue weighted by Crippen LogP contribution is 2.17. The summed E-state index contributed by atoms with van der Waals surface area (Å²) in [5.41, 5.74) is 0. The average Bonchev–Trinajstić information content (AvgIpc) is 3.47. The van der Waals surface area contributed by atoms with E-state index in [2.05, 4.69) is 154 Å². The van der Waals surface area contributed by atoms with Gasteiger partial charge in [-0.3, -0.25) is 14.4 Å². The van der Waals surface area contributed by atoms with Crippen LogP contribution in [-0.4, -0.2) is 37.2 Å². The molecule has 0 aliphatic rings. The van der Waals surface area contributed by atoms with Crippen LogP contribution in [0.25, 0.3) is 0 Å². The first-order valence-corrected chi connectivity index (χ1v) is 33.7. The van der Waals surface area contributed by atoms with Crippen molar-refractivity contribution < 1.29 is 28.6 Å². The van der Waals surface area contributed by atoms with Crippen LogP contribution >= 0.6 is 0 Å². The molecule has 0 heterocycles. The molecule has 0 spiro atoms. The van der Waals surface area contributed by atoms with Crippen LogP contribution in [0, 0.1) is 0 Å². The van der Waals surface area contributed by atoms with Crippen molar-refractivity contribution in [3.8, 4) is 0 Å². The Labute approximate surface area is 500 Å². The van der Waals surface area contributed by atoms with Gasteiger partial charge in [0.1, 0.15) is 13.2 Å². The summed E-state index contributed by atoms with van der Waals surface area (Å²) < 4.78 is 16.9. The van der Waals surface area contributed by atoms with Gasteiger partial charge in [-0.2, -0.15) is 0 Å².